The van der Waals surface area contributed by atoms with Gasteiger partial charge >= 0.3 is 5.97 Å². The highest BCUT2D eigenvalue weighted by Gasteiger charge is 2.20. The zero-order valence-electron chi connectivity index (χ0n) is 12.0. The van der Waals surface area contributed by atoms with E-state index in [-0.39, 0.29) is 11.6 Å². The van der Waals surface area contributed by atoms with Crippen LogP contribution in [0.25, 0.3) is 11.0 Å². The van der Waals surface area contributed by atoms with Crippen molar-refractivity contribution in [1.29, 1.82) is 0 Å². The molecule has 20 heavy (non-hydrogen) atoms. The Kier molecular flexibility index (Phi) is 3.89. The van der Waals surface area contributed by atoms with Crippen molar-refractivity contribution in [1.82, 2.24) is 14.8 Å². The Morgan fingerprint density at radius 1 is 1.60 bits per heavy atom. The minimum absolute atomic E-state index is 0.0247. The van der Waals surface area contributed by atoms with E-state index in [1.807, 2.05) is 13.8 Å². The number of ether oxygens (including phenoxy) is 1. The van der Waals surface area contributed by atoms with Gasteiger partial charge in [-0.15, -0.1) is 0 Å². The first-order valence-corrected chi connectivity index (χ1v) is 6.26. The van der Waals surface area contributed by atoms with Crippen molar-refractivity contribution in [3.8, 4) is 0 Å². The Hall–Kier alpha value is -2.15. The fraction of sp³-hybridized carbons (Fsp3) is 0.462. The first-order valence-electron chi connectivity index (χ1n) is 6.26. The Morgan fingerprint density at radius 3 is 2.90 bits per heavy atom. The molecule has 2 aromatic rings. The number of nitrogens with zero attached hydrogens (tertiary/aromatic N) is 3. The summed E-state index contributed by atoms with van der Waals surface area (Å²) in [5.41, 5.74) is 2.07. The van der Waals surface area contributed by atoms with Crippen LogP contribution >= 0.6 is 0 Å². The predicted octanol–water partition coefficient (Wildman–Crippen LogP) is 1.42. The second-order valence-electron chi connectivity index (χ2n) is 4.76. The fourth-order valence-electron chi connectivity index (χ4n) is 2.26. The molecule has 0 aromatic carbocycles. The first kappa shape index (κ1) is 14.3. The molecule has 0 radical (unpaired) electrons. The summed E-state index contributed by atoms with van der Waals surface area (Å²) in [7, 11) is 3.39. The molecule has 7 heteroatoms. The van der Waals surface area contributed by atoms with Crippen molar-refractivity contribution in [2.45, 2.75) is 19.9 Å². The molecule has 108 valence electrons. The average molecular weight is 278 g/mol. The van der Waals surface area contributed by atoms with Gasteiger partial charge in [0.15, 0.2) is 5.65 Å². The highest BCUT2D eigenvalue weighted by molar-refractivity contribution is 6.04. The molecule has 0 amide bonds. The number of carboxylic acids is 1. The molecule has 2 rings (SSSR count). The van der Waals surface area contributed by atoms with Gasteiger partial charge in [0.25, 0.3) is 0 Å². The number of hydrogen-bond acceptors (Lipinski definition) is 5. The molecule has 0 aliphatic heterocycles. The molecule has 7 nitrogen and oxygen atoms in total. The quantitative estimate of drug-likeness (QED) is 0.859. The summed E-state index contributed by atoms with van der Waals surface area (Å²) in [6.45, 7) is 4.23. The lowest BCUT2D eigenvalue weighted by atomic mass is 10.1. The van der Waals surface area contributed by atoms with E-state index in [1.54, 1.807) is 18.8 Å². The lowest BCUT2D eigenvalue weighted by molar-refractivity contribution is 0.0697. The second-order valence-corrected chi connectivity index (χ2v) is 4.76. The van der Waals surface area contributed by atoms with E-state index < -0.39 is 5.97 Å². The summed E-state index contributed by atoms with van der Waals surface area (Å²) < 4.78 is 6.72. The smallest absolute Gasteiger partial charge is 0.339 e. The number of carboxylic acid groups (broad SMARTS) is 1. The molecule has 0 fully saturated rings. The summed E-state index contributed by atoms with van der Waals surface area (Å²) in [5, 5.41) is 17.5. The minimum atomic E-state index is -1.02. The monoisotopic (exact) mass is 278 g/mol. The molecule has 0 saturated heterocycles. The van der Waals surface area contributed by atoms with E-state index in [9.17, 15) is 9.90 Å². The van der Waals surface area contributed by atoms with Crippen molar-refractivity contribution in [3.05, 3.63) is 17.5 Å². The van der Waals surface area contributed by atoms with Crippen LogP contribution in [0.4, 0.5) is 5.69 Å². The fourth-order valence-corrected chi connectivity index (χ4v) is 2.26. The van der Waals surface area contributed by atoms with Crippen LogP contribution in [0, 0.1) is 6.92 Å². The summed E-state index contributed by atoms with van der Waals surface area (Å²) in [6.07, 6.45) is 1.35. The summed E-state index contributed by atoms with van der Waals surface area (Å²) in [5.74, 6) is -1.02. The maximum Gasteiger partial charge on any atom is 0.339 e. The average Bonchev–Trinajstić information content (AvgIpc) is 2.65. The van der Waals surface area contributed by atoms with Crippen LogP contribution in [0.15, 0.2) is 6.20 Å². The van der Waals surface area contributed by atoms with E-state index in [2.05, 4.69) is 15.4 Å². The first-order chi connectivity index (χ1) is 9.45. The largest absolute Gasteiger partial charge is 0.478 e. The zero-order chi connectivity index (χ0) is 14.9. The molecule has 0 aliphatic carbocycles. The normalized spacial score (nSPS) is 12.6. The summed E-state index contributed by atoms with van der Waals surface area (Å²) >= 11 is 0. The van der Waals surface area contributed by atoms with Gasteiger partial charge < -0.3 is 15.2 Å². The number of anilines is 1. The zero-order valence-corrected chi connectivity index (χ0v) is 12.0. The van der Waals surface area contributed by atoms with Gasteiger partial charge in [-0.05, 0) is 13.8 Å². The van der Waals surface area contributed by atoms with Crippen molar-refractivity contribution in [2.75, 3.05) is 19.0 Å². The third kappa shape index (κ3) is 2.44. The van der Waals surface area contributed by atoms with E-state index in [4.69, 9.17) is 4.74 Å². The topological polar surface area (TPSA) is 89.3 Å². The van der Waals surface area contributed by atoms with Crippen LogP contribution in [0.5, 0.6) is 0 Å². The summed E-state index contributed by atoms with van der Waals surface area (Å²) in [4.78, 5) is 15.6. The molecule has 0 spiro atoms. The number of rotatable bonds is 5. The maximum atomic E-state index is 11.4. The number of pyridine rings is 1. The standard InChI is InChI=1S/C13H18N4O3/c1-7(6-20-4)15-11-9(13(18)19)5-14-12-10(11)8(2)16-17(12)3/h5,7H,6H2,1-4H3,(H,14,15)(H,18,19). The number of aromatic carboxylic acids is 1. The molecule has 2 heterocycles. The van der Waals surface area contributed by atoms with E-state index in [0.717, 1.165) is 11.1 Å². The number of nitrogens with one attached hydrogen (secondary N) is 1. The minimum Gasteiger partial charge on any atom is -0.478 e. The van der Waals surface area contributed by atoms with Crippen LogP contribution in [-0.4, -0.2) is 45.6 Å². The third-order valence-corrected chi connectivity index (χ3v) is 3.07. The van der Waals surface area contributed by atoms with Crippen LogP contribution in [0.2, 0.25) is 0 Å². The molecule has 2 N–H and O–H groups in total. The van der Waals surface area contributed by atoms with Crippen LogP contribution < -0.4 is 5.32 Å². The highest BCUT2D eigenvalue weighted by atomic mass is 16.5. The Morgan fingerprint density at radius 2 is 2.30 bits per heavy atom. The SMILES string of the molecule is COCC(C)Nc1c(C(=O)O)cnc2c1c(C)nn2C. The van der Waals surface area contributed by atoms with Crippen molar-refractivity contribution >= 4 is 22.7 Å². The van der Waals surface area contributed by atoms with Crippen molar-refractivity contribution in [3.63, 3.8) is 0 Å². The van der Waals surface area contributed by atoms with E-state index in [1.165, 1.54) is 6.20 Å². The van der Waals surface area contributed by atoms with Crippen molar-refractivity contribution in [2.24, 2.45) is 7.05 Å². The molecule has 0 bridgehead atoms. The number of hydrogen-bond donors (Lipinski definition) is 2. The number of methoxy groups -OCH3 is 1. The lowest BCUT2D eigenvalue weighted by Gasteiger charge is -2.17. The third-order valence-electron chi connectivity index (χ3n) is 3.07. The van der Waals surface area contributed by atoms with Gasteiger partial charge in [-0.3, -0.25) is 4.68 Å². The van der Waals surface area contributed by atoms with Crippen LogP contribution in [-0.2, 0) is 11.8 Å². The van der Waals surface area contributed by atoms with Gasteiger partial charge in [-0.2, -0.15) is 5.10 Å². The highest BCUT2D eigenvalue weighted by Crippen LogP contribution is 2.29. The molecule has 0 aliphatic rings. The predicted molar refractivity (Wildman–Crippen MR) is 75.2 cm³/mol. The van der Waals surface area contributed by atoms with Gasteiger partial charge in [0.1, 0.15) is 5.56 Å². The van der Waals surface area contributed by atoms with E-state index in [0.29, 0.717) is 17.9 Å². The number of aromatic nitrogens is 3. The number of aryl methyl sites for hydroxylation is 2. The molecular weight excluding hydrogens is 260 g/mol. The van der Waals surface area contributed by atoms with Gasteiger partial charge in [0, 0.05) is 26.4 Å². The van der Waals surface area contributed by atoms with Crippen LogP contribution in [0.3, 0.4) is 0 Å². The Bertz CT molecular complexity index is 651. The maximum absolute atomic E-state index is 11.4. The second kappa shape index (κ2) is 5.46. The van der Waals surface area contributed by atoms with Crippen LogP contribution in [0.1, 0.15) is 23.0 Å². The van der Waals surface area contributed by atoms with Gasteiger partial charge in [0.2, 0.25) is 0 Å². The number of carbonyl (C=O) groups is 1. The Balaban J connectivity index is 2.62. The molecule has 1 unspecified atom stereocenters. The molecular formula is C13H18N4O3. The molecule has 0 saturated carbocycles. The summed E-state index contributed by atoms with van der Waals surface area (Å²) in [6, 6.07) is -0.0247. The Labute approximate surface area is 116 Å². The van der Waals surface area contributed by atoms with E-state index >= 15 is 0 Å². The van der Waals surface area contributed by atoms with Gasteiger partial charge in [-0.1, -0.05) is 0 Å². The van der Waals surface area contributed by atoms with Crippen molar-refractivity contribution < 1.29 is 14.6 Å². The van der Waals surface area contributed by atoms with Gasteiger partial charge in [-0.25, -0.2) is 9.78 Å². The van der Waals surface area contributed by atoms with Gasteiger partial charge in [0.05, 0.1) is 23.4 Å². The molecule has 2 aromatic heterocycles. The number of fused-ring (bicyclic) bond motifs is 1. The molecule has 1 atom stereocenters. The lowest BCUT2D eigenvalue weighted by Crippen LogP contribution is -2.22.